The molecule has 2 atom stereocenters. The Labute approximate surface area is 122 Å². The van der Waals surface area contributed by atoms with Crippen LogP contribution in [0.3, 0.4) is 0 Å². The van der Waals surface area contributed by atoms with Crippen molar-refractivity contribution in [1.29, 1.82) is 0 Å². The van der Waals surface area contributed by atoms with Gasteiger partial charge in [-0.15, -0.1) is 0 Å². The van der Waals surface area contributed by atoms with Crippen molar-refractivity contribution in [3.8, 4) is 0 Å². The van der Waals surface area contributed by atoms with Crippen LogP contribution in [0.15, 0.2) is 48.5 Å². The standard InChI is InChI=1S/C19H23N/c1-3-20-19(16-9-6-7-14(2)11-16)13-17-12-15-8-4-5-10-18(15)17/h4-11,17,19-20H,3,12-13H2,1-2H3. The van der Waals surface area contributed by atoms with Gasteiger partial charge < -0.3 is 5.32 Å². The van der Waals surface area contributed by atoms with Gasteiger partial charge in [-0.25, -0.2) is 0 Å². The van der Waals surface area contributed by atoms with Crippen molar-refractivity contribution in [3.05, 3.63) is 70.8 Å². The molecule has 0 saturated carbocycles. The van der Waals surface area contributed by atoms with E-state index in [9.17, 15) is 0 Å². The van der Waals surface area contributed by atoms with E-state index in [2.05, 4.69) is 67.7 Å². The van der Waals surface area contributed by atoms with Crippen LogP contribution in [0.1, 0.15) is 47.6 Å². The molecule has 0 spiro atoms. The predicted octanol–water partition coefficient (Wildman–Crippen LogP) is 4.38. The minimum absolute atomic E-state index is 0.471. The Hall–Kier alpha value is -1.60. The van der Waals surface area contributed by atoms with Crippen LogP contribution in [0.5, 0.6) is 0 Å². The fraction of sp³-hybridized carbons (Fsp3) is 0.368. The first-order valence-corrected chi connectivity index (χ1v) is 7.65. The molecule has 0 aromatic heterocycles. The van der Waals surface area contributed by atoms with E-state index in [-0.39, 0.29) is 0 Å². The Morgan fingerprint density at radius 2 is 2.00 bits per heavy atom. The summed E-state index contributed by atoms with van der Waals surface area (Å²) in [4.78, 5) is 0. The van der Waals surface area contributed by atoms with Gasteiger partial charge in [-0.05, 0) is 48.9 Å². The molecule has 0 saturated heterocycles. The van der Waals surface area contributed by atoms with Crippen molar-refractivity contribution in [2.75, 3.05) is 6.54 Å². The van der Waals surface area contributed by atoms with Crippen molar-refractivity contribution in [1.82, 2.24) is 5.32 Å². The van der Waals surface area contributed by atoms with Gasteiger partial charge in [0.15, 0.2) is 0 Å². The summed E-state index contributed by atoms with van der Waals surface area (Å²) in [7, 11) is 0. The maximum Gasteiger partial charge on any atom is 0.0326 e. The summed E-state index contributed by atoms with van der Waals surface area (Å²) in [6.07, 6.45) is 2.44. The highest BCUT2D eigenvalue weighted by atomic mass is 14.9. The normalized spacial score (nSPS) is 18.2. The molecule has 0 aliphatic heterocycles. The SMILES string of the molecule is CCNC(CC1Cc2ccccc21)c1cccc(C)c1. The molecule has 1 aliphatic carbocycles. The summed E-state index contributed by atoms with van der Waals surface area (Å²) in [5, 5.41) is 3.66. The summed E-state index contributed by atoms with van der Waals surface area (Å²) in [5.41, 5.74) is 5.87. The van der Waals surface area contributed by atoms with Crippen LogP contribution in [0.25, 0.3) is 0 Å². The second-order valence-corrected chi connectivity index (χ2v) is 5.86. The molecule has 2 unspecified atom stereocenters. The molecule has 2 aromatic rings. The lowest BCUT2D eigenvalue weighted by atomic mass is 9.73. The van der Waals surface area contributed by atoms with Gasteiger partial charge in [0.2, 0.25) is 0 Å². The Kier molecular flexibility index (Phi) is 3.88. The van der Waals surface area contributed by atoms with E-state index in [4.69, 9.17) is 0 Å². The van der Waals surface area contributed by atoms with Crippen molar-refractivity contribution < 1.29 is 0 Å². The van der Waals surface area contributed by atoms with E-state index >= 15 is 0 Å². The fourth-order valence-electron chi connectivity index (χ4n) is 3.33. The zero-order valence-corrected chi connectivity index (χ0v) is 12.4. The summed E-state index contributed by atoms with van der Waals surface area (Å²) in [6, 6.07) is 18.3. The molecule has 1 aliphatic rings. The molecule has 2 aromatic carbocycles. The molecular formula is C19H23N. The van der Waals surface area contributed by atoms with E-state index in [0.29, 0.717) is 6.04 Å². The maximum atomic E-state index is 3.66. The minimum atomic E-state index is 0.471. The first-order valence-electron chi connectivity index (χ1n) is 7.65. The molecule has 0 amide bonds. The van der Waals surface area contributed by atoms with Crippen molar-refractivity contribution >= 4 is 0 Å². The van der Waals surface area contributed by atoms with Crippen molar-refractivity contribution in [3.63, 3.8) is 0 Å². The summed E-state index contributed by atoms with van der Waals surface area (Å²) in [5.74, 6) is 0.718. The molecule has 3 rings (SSSR count). The lowest BCUT2D eigenvalue weighted by Crippen LogP contribution is -2.27. The topological polar surface area (TPSA) is 12.0 Å². The molecule has 1 heteroatoms. The summed E-state index contributed by atoms with van der Waals surface area (Å²) in [6.45, 7) is 5.38. The van der Waals surface area contributed by atoms with Crippen LogP contribution >= 0.6 is 0 Å². The van der Waals surface area contributed by atoms with E-state index in [1.807, 2.05) is 0 Å². The average molecular weight is 265 g/mol. The Bertz CT molecular complexity index is 588. The number of aryl methyl sites for hydroxylation is 1. The minimum Gasteiger partial charge on any atom is -0.310 e. The maximum absolute atomic E-state index is 3.66. The van der Waals surface area contributed by atoms with Crippen molar-refractivity contribution in [2.45, 2.75) is 38.6 Å². The van der Waals surface area contributed by atoms with Gasteiger partial charge in [0.05, 0.1) is 0 Å². The first-order chi connectivity index (χ1) is 9.78. The highest BCUT2D eigenvalue weighted by Crippen LogP contribution is 2.40. The van der Waals surface area contributed by atoms with Gasteiger partial charge in [0.25, 0.3) is 0 Å². The van der Waals surface area contributed by atoms with Gasteiger partial charge in [0, 0.05) is 6.04 Å². The molecule has 20 heavy (non-hydrogen) atoms. The quantitative estimate of drug-likeness (QED) is 0.846. The van der Waals surface area contributed by atoms with Gasteiger partial charge in [-0.3, -0.25) is 0 Å². The molecule has 1 nitrogen and oxygen atoms in total. The van der Waals surface area contributed by atoms with Crippen LogP contribution in [0.4, 0.5) is 0 Å². The zero-order chi connectivity index (χ0) is 13.9. The monoisotopic (exact) mass is 265 g/mol. The third-order valence-electron chi connectivity index (χ3n) is 4.38. The molecule has 0 bridgehead atoms. The average Bonchev–Trinajstić information content (AvgIpc) is 2.43. The van der Waals surface area contributed by atoms with Gasteiger partial charge in [0.1, 0.15) is 0 Å². The van der Waals surface area contributed by atoms with E-state index in [1.54, 1.807) is 5.56 Å². The molecule has 0 radical (unpaired) electrons. The summed E-state index contributed by atoms with van der Waals surface area (Å²) < 4.78 is 0. The molecule has 1 N–H and O–H groups in total. The summed E-state index contributed by atoms with van der Waals surface area (Å²) >= 11 is 0. The lowest BCUT2D eigenvalue weighted by Gasteiger charge is -2.33. The van der Waals surface area contributed by atoms with Gasteiger partial charge >= 0.3 is 0 Å². The first kappa shape index (κ1) is 13.4. The second kappa shape index (κ2) is 5.80. The number of fused-ring (bicyclic) bond motifs is 1. The molecule has 0 fully saturated rings. The van der Waals surface area contributed by atoms with E-state index < -0.39 is 0 Å². The zero-order valence-electron chi connectivity index (χ0n) is 12.4. The smallest absolute Gasteiger partial charge is 0.0326 e. The van der Waals surface area contributed by atoms with Gasteiger partial charge in [-0.2, -0.15) is 0 Å². The number of benzene rings is 2. The van der Waals surface area contributed by atoms with E-state index in [1.165, 1.54) is 29.5 Å². The number of hydrogen-bond acceptors (Lipinski definition) is 1. The fourth-order valence-corrected chi connectivity index (χ4v) is 3.33. The van der Waals surface area contributed by atoms with Crippen LogP contribution < -0.4 is 5.32 Å². The highest BCUT2D eigenvalue weighted by Gasteiger charge is 2.28. The number of hydrogen-bond donors (Lipinski definition) is 1. The molecule has 0 heterocycles. The molecule has 104 valence electrons. The predicted molar refractivity (Wildman–Crippen MR) is 85.1 cm³/mol. The number of nitrogens with one attached hydrogen (secondary N) is 1. The Morgan fingerprint density at radius 3 is 2.75 bits per heavy atom. The van der Waals surface area contributed by atoms with Crippen LogP contribution in [-0.2, 0) is 6.42 Å². The largest absolute Gasteiger partial charge is 0.310 e. The highest BCUT2D eigenvalue weighted by molar-refractivity contribution is 5.40. The molecular weight excluding hydrogens is 242 g/mol. The van der Waals surface area contributed by atoms with Gasteiger partial charge in [-0.1, -0.05) is 61.0 Å². The lowest BCUT2D eigenvalue weighted by molar-refractivity contribution is 0.436. The van der Waals surface area contributed by atoms with E-state index in [0.717, 1.165) is 12.5 Å². The van der Waals surface area contributed by atoms with Crippen LogP contribution in [0.2, 0.25) is 0 Å². The second-order valence-electron chi connectivity index (χ2n) is 5.86. The Balaban J connectivity index is 1.76. The third kappa shape index (κ3) is 2.64. The van der Waals surface area contributed by atoms with Crippen LogP contribution in [-0.4, -0.2) is 6.54 Å². The Morgan fingerprint density at radius 1 is 1.15 bits per heavy atom. The van der Waals surface area contributed by atoms with Crippen LogP contribution in [0, 0.1) is 6.92 Å². The number of rotatable bonds is 5. The third-order valence-corrected chi connectivity index (χ3v) is 4.38. The van der Waals surface area contributed by atoms with Crippen molar-refractivity contribution in [2.24, 2.45) is 0 Å².